The van der Waals surface area contributed by atoms with E-state index in [1.54, 1.807) is 0 Å². The summed E-state index contributed by atoms with van der Waals surface area (Å²) < 4.78 is 88.6. The van der Waals surface area contributed by atoms with E-state index < -0.39 is 57.2 Å². The van der Waals surface area contributed by atoms with Crippen molar-refractivity contribution in [2.45, 2.75) is 35.9 Å². The van der Waals surface area contributed by atoms with Crippen LogP contribution in [0.1, 0.15) is 18.4 Å². The van der Waals surface area contributed by atoms with Crippen LogP contribution >= 0.6 is 0 Å². The minimum atomic E-state index is -4.93. The van der Waals surface area contributed by atoms with Gasteiger partial charge < -0.3 is 5.11 Å². The van der Waals surface area contributed by atoms with Gasteiger partial charge in [-0.2, -0.15) is 13.2 Å². The number of benzene rings is 1. The summed E-state index contributed by atoms with van der Waals surface area (Å²) in [7, 11) is -4.36. The highest BCUT2D eigenvalue weighted by Crippen LogP contribution is 2.39. The summed E-state index contributed by atoms with van der Waals surface area (Å²) in [5.41, 5.74) is -1.51. The lowest BCUT2D eigenvalue weighted by Gasteiger charge is -2.35. The minimum absolute atomic E-state index is 0.258. The summed E-state index contributed by atoms with van der Waals surface area (Å²) >= 11 is 0. The lowest BCUT2D eigenvalue weighted by molar-refractivity contribution is -0.138. The molecule has 0 unspecified atom stereocenters. The van der Waals surface area contributed by atoms with Crippen LogP contribution in [0.15, 0.2) is 23.1 Å². The van der Waals surface area contributed by atoms with E-state index in [1.807, 2.05) is 4.72 Å². The van der Waals surface area contributed by atoms with Crippen molar-refractivity contribution in [1.29, 1.82) is 0 Å². The molecule has 118 valence electrons. The molecule has 0 spiro atoms. The molecule has 0 amide bonds. The van der Waals surface area contributed by atoms with Crippen LogP contribution in [0.2, 0.25) is 0 Å². The number of nitrogens with one attached hydrogen (secondary N) is 1. The Bertz CT molecular complexity index is 648. The summed E-state index contributed by atoms with van der Waals surface area (Å²) in [5.74, 6) is -4.07. The molecule has 0 aromatic heterocycles. The van der Waals surface area contributed by atoms with Crippen LogP contribution < -0.4 is 4.72 Å². The second-order valence-electron chi connectivity index (χ2n) is 4.76. The Morgan fingerprint density at radius 2 is 1.81 bits per heavy atom. The van der Waals surface area contributed by atoms with E-state index >= 15 is 0 Å². The molecule has 2 rings (SSSR count). The maximum atomic E-state index is 12.6. The van der Waals surface area contributed by atoms with Gasteiger partial charge in [0.15, 0.2) is 0 Å². The van der Waals surface area contributed by atoms with Gasteiger partial charge in [-0.25, -0.2) is 21.9 Å². The van der Waals surface area contributed by atoms with E-state index in [2.05, 4.69) is 0 Å². The first-order chi connectivity index (χ1) is 9.41. The van der Waals surface area contributed by atoms with Gasteiger partial charge in [0.1, 0.15) is 5.75 Å². The van der Waals surface area contributed by atoms with Crippen molar-refractivity contribution < 1.29 is 35.5 Å². The van der Waals surface area contributed by atoms with Gasteiger partial charge in [-0.05, 0) is 18.2 Å². The van der Waals surface area contributed by atoms with Crippen LogP contribution in [0.25, 0.3) is 0 Å². The number of hydrogen-bond donors (Lipinski definition) is 2. The number of phenolic OH excluding ortho intramolecular Hbond substituents is 1. The number of sulfonamides is 1. The Hall–Kier alpha value is -1.42. The van der Waals surface area contributed by atoms with Crippen LogP contribution in [0.3, 0.4) is 0 Å². The van der Waals surface area contributed by atoms with Crippen molar-refractivity contribution in [1.82, 2.24) is 4.72 Å². The smallest absolute Gasteiger partial charge is 0.419 e. The number of halogens is 5. The van der Waals surface area contributed by atoms with Crippen molar-refractivity contribution in [2.24, 2.45) is 0 Å². The van der Waals surface area contributed by atoms with E-state index in [1.165, 1.54) is 0 Å². The zero-order valence-corrected chi connectivity index (χ0v) is 11.1. The average Bonchev–Trinajstić information content (AvgIpc) is 2.24. The zero-order valence-electron chi connectivity index (χ0n) is 10.3. The van der Waals surface area contributed by atoms with Crippen molar-refractivity contribution in [3.8, 4) is 5.75 Å². The molecule has 0 heterocycles. The van der Waals surface area contributed by atoms with Gasteiger partial charge in [-0.15, -0.1) is 0 Å². The van der Waals surface area contributed by atoms with Crippen molar-refractivity contribution in [2.75, 3.05) is 0 Å². The third-order valence-electron chi connectivity index (χ3n) is 3.00. The fourth-order valence-corrected chi connectivity index (χ4v) is 3.20. The van der Waals surface area contributed by atoms with Gasteiger partial charge in [0.25, 0.3) is 5.92 Å². The molecule has 0 aliphatic heterocycles. The molecular weight excluding hydrogens is 321 g/mol. The molecule has 4 nitrogen and oxygen atoms in total. The molecule has 10 heteroatoms. The van der Waals surface area contributed by atoms with E-state index in [4.69, 9.17) is 5.11 Å². The lowest BCUT2D eigenvalue weighted by Crippen LogP contribution is -2.50. The van der Waals surface area contributed by atoms with E-state index in [9.17, 15) is 30.4 Å². The molecule has 1 aromatic rings. The number of rotatable bonds is 3. The maximum absolute atomic E-state index is 12.6. The Morgan fingerprint density at radius 3 is 2.29 bits per heavy atom. The molecule has 0 atom stereocenters. The van der Waals surface area contributed by atoms with Gasteiger partial charge in [0.2, 0.25) is 10.0 Å². The highest BCUT2D eigenvalue weighted by molar-refractivity contribution is 7.89. The van der Waals surface area contributed by atoms with Crippen LogP contribution in [0.4, 0.5) is 22.0 Å². The molecule has 1 saturated carbocycles. The second kappa shape index (κ2) is 4.80. The molecule has 0 radical (unpaired) electrons. The highest BCUT2D eigenvalue weighted by atomic mass is 32.2. The van der Waals surface area contributed by atoms with Gasteiger partial charge in [0.05, 0.1) is 10.5 Å². The Labute approximate surface area is 116 Å². The van der Waals surface area contributed by atoms with Crippen molar-refractivity contribution >= 4 is 10.0 Å². The summed E-state index contributed by atoms with van der Waals surface area (Å²) in [6, 6.07) is 0.596. The van der Waals surface area contributed by atoms with E-state index in [0.29, 0.717) is 6.07 Å². The Balaban J connectivity index is 2.25. The van der Waals surface area contributed by atoms with Crippen LogP contribution in [0.5, 0.6) is 5.75 Å². The summed E-state index contributed by atoms with van der Waals surface area (Å²) in [4.78, 5) is -0.747. The van der Waals surface area contributed by atoms with Crippen LogP contribution in [0, 0.1) is 0 Å². The van der Waals surface area contributed by atoms with Crippen LogP contribution in [-0.4, -0.2) is 25.5 Å². The zero-order chi connectivity index (χ0) is 16.1. The first-order valence-electron chi connectivity index (χ1n) is 5.71. The summed E-state index contributed by atoms with van der Waals surface area (Å²) in [6.45, 7) is 0. The SMILES string of the molecule is O=S(=O)(NC1CC(F)(F)C1)c1ccc(O)c(C(F)(F)F)c1. The molecule has 21 heavy (non-hydrogen) atoms. The predicted octanol–water partition coefficient (Wildman–Crippen LogP) is 2.49. The Kier molecular flexibility index (Phi) is 3.65. The summed E-state index contributed by atoms with van der Waals surface area (Å²) in [6.07, 6.45) is -6.33. The monoisotopic (exact) mass is 331 g/mol. The number of phenols is 1. The average molecular weight is 331 g/mol. The fraction of sp³-hybridized carbons (Fsp3) is 0.455. The molecule has 1 aliphatic rings. The first-order valence-corrected chi connectivity index (χ1v) is 7.19. The molecule has 1 aromatic carbocycles. The van der Waals surface area contributed by atoms with Gasteiger partial charge in [-0.3, -0.25) is 0 Å². The van der Waals surface area contributed by atoms with Crippen LogP contribution in [-0.2, 0) is 16.2 Å². The Morgan fingerprint density at radius 1 is 1.24 bits per heavy atom. The topological polar surface area (TPSA) is 66.4 Å². The molecule has 1 aliphatic carbocycles. The standard InChI is InChI=1S/C11H10F5NO3S/c12-10(13)4-6(5-10)17-21(19,20)7-1-2-9(18)8(3-7)11(14,15)16/h1-3,6,17-18H,4-5H2. The second-order valence-corrected chi connectivity index (χ2v) is 6.47. The van der Waals surface area contributed by atoms with Gasteiger partial charge in [0, 0.05) is 18.9 Å². The lowest BCUT2D eigenvalue weighted by atomic mass is 9.89. The van der Waals surface area contributed by atoms with E-state index in [-0.39, 0.29) is 6.07 Å². The van der Waals surface area contributed by atoms with Crippen molar-refractivity contribution in [3.63, 3.8) is 0 Å². The van der Waals surface area contributed by atoms with Crippen molar-refractivity contribution in [3.05, 3.63) is 23.8 Å². The molecule has 0 saturated heterocycles. The molecular formula is C11H10F5NO3S. The maximum Gasteiger partial charge on any atom is 0.419 e. The molecule has 1 fully saturated rings. The highest BCUT2D eigenvalue weighted by Gasteiger charge is 2.47. The minimum Gasteiger partial charge on any atom is -0.507 e. The van der Waals surface area contributed by atoms with Gasteiger partial charge in [-0.1, -0.05) is 0 Å². The predicted molar refractivity (Wildman–Crippen MR) is 61.4 cm³/mol. The molecule has 0 bridgehead atoms. The largest absolute Gasteiger partial charge is 0.507 e. The third-order valence-corrected chi connectivity index (χ3v) is 4.51. The normalized spacial score (nSPS) is 19.3. The third kappa shape index (κ3) is 3.43. The van der Waals surface area contributed by atoms with E-state index in [0.717, 1.165) is 6.07 Å². The number of alkyl halides is 5. The first kappa shape index (κ1) is 16.0. The summed E-state index contributed by atoms with van der Waals surface area (Å²) in [5, 5.41) is 9.11. The number of aromatic hydroxyl groups is 1. The number of hydrogen-bond acceptors (Lipinski definition) is 3. The fourth-order valence-electron chi connectivity index (χ4n) is 1.94. The quantitative estimate of drug-likeness (QED) is 0.837. The van der Waals surface area contributed by atoms with Gasteiger partial charge >= 0.3 is 6.18 Å². The molecule has 2 N–H and O–H groups in total.